The molecule has 2 aromatic rings. The highest BCUT2D eigenvalue weighted by atomic mass is 79.9. The smallest absolute Gasteiger partial charge is 0.198 e. The fourth-order valence-electron chi connectivity index (χ4n) is 2.03. The van der Waals surface area contributed by atoms with Crippen molar-refractivity contribution in [2.75, 3.05) is 6.61 Å². The Bertz CT molecular complexity index is 634. The van der Waals surface area contributed by atoms with Gasteiger partial charge in [-0.3, -0.25) is 4.79 Å². The van der Waals surface area contributed by atoms with Crippen LogP contribution in [0.1, 0.15) is 21.5 Å². The molecule has 2 nitrogen and oxygen atoms in total. The molecule has 0 saturated heterocycles. The van der Waals surface area contributed by atoms with E-state index in [-0.39, 0.29) is 5.78 Å². The highest BCUT2D eigenvalue weighted by molar-refractivity contribution is 9.12. The molecule has 0 spiro atoms. The van der Waals surface area contributed by atoms with Crippen LogP contribution in [-0.4, -0.2) is 12.4 Å². The SMILES string of the molecule is O=C(c1cc(Br)sc1Br)c1cccc2c1OCC2. The van der Waals surface area contributed by atoms with Crippen molar-refractivity contribution in [2.45, 2.75) is 6.42 Å². The highest BCUT2D eigenvalue weighted by Crippen LogP contribution is 2.36. The van der Waals surface area contributed by atoms with Crippen LogP contribution >= 0.6 is 43.2 Å². The summed E-state index contributed by atoms with van der Waals surface area (Å²) in [5.41, 5.74) is 2.44. The number of ketones is 1. The number of ether oxygens (including phenoxy) is 1. The van der Waals surface area contributed by atoms with Gasteiger partial charge in [-0.2, -0.15) is 0 Å². The molecule has 0 bridgehead atoms. The zero-order valence-corrected chi connectivity index (χ0v) is 13.2. The Morgan fingerprint density at radius 1 is 1.28 bits per heavy atom. The van der Waals surface area contributed by atoms with Gasteiger partial charge < -0.3 is 4.74 Å². The van der Waals surface area contributed by atoms with E-state index in [1.54, 1.807) is 0 Å². The first-order valence-electron chi connectivity index (χ1n) is 5.41. The minimum Gasteiger partial charge on any atom is -0.492 e. The second-order valence-electron chi connectivity index (χ2n) is 3.96. The lowest BCUT2D eigenvalue weighted by Crippen LogP contribution is -2.03. The summed E-state index contributed by atoms with van der Waals surface area (Å²) in [5.74, 6) is 0.749. The predicted octanol–water partition coefficient (Wildman–Crippen LogP) is 4.44. The Morgan fingerprint density at radius 2 is 2.11 bits per heavy atom. The topological polar surface area (TPSA) is 26.3 Å². The van der Waals surface area contributed by atoms with E-state index in [0.717, 1.165) is 25.3 Å². The third-order valence-corrected chi connectivity index (χ3v) is 5.20. The van der Waals surface area contributed by atoms with Crippen LogP contribution in [0.5, 0.6) is 5.75 Å². The maximum atomic E-state index is 12.5. The maximum Gasteiger partial charge on any atom is 0.198 e. The molecule has 1 aromatic carbocycles. The number of carbonyl (C=O) groups is 1. The monoisotopic (exact) mass is 386 g/mol. The van der Waals surface area contributed by atoms with Crippen LogP contribution in [0.3, 0.4) is 0 Å². The molecule has 5 heteroatoms. The van der Waals surface area contributed by atoms with Crippen LogP contribution in [0.15, 0.2) is 31.8 Å². The number of hydrogen-bond donors (Lipinski definition) is 0. The van der Waals surface area contributed by atoms with Crippen LogP contribution in [0, 0.1) is 0 Å². The van der Waals surface area contributed by atoms with Crippen LogP contribution in [0.4, 0.5) is 0 Å². The Hall–Kier alpha value is -0.650. The number of thiophene rings is 1. The molecule has 3 rings (SSSR count). The minimum absolute atomic E-state index is 0.00238. The van der Waals surface area contributed by atoms with E-state index < -0.39 is 0 Å². The van der Waals surface area contributed by atoms with Gasteiger partial charge in [-0.05, 0) is 49.6 Å². The molecule has 1 aliphatic heterocycles. The summed E-state index contributed by atoms with van der Waals surface area (Å²) in [7, 11) is 0. The summed E-state index contributed by atoms with van der Waals surface area (Å²) >= 11 is 8.31. The number of carbonyl (C=O) groups excluding carboxylic acids is 1. The van der Waals surface area contributed by atoms with E-state index in [0.29, 0.717) is 17.7 Å². The number of para-hydroxylation sites is 1. The van der Waals surface area contributed by atoms with Gasteiger partial charge in [-0.25, -0.2) is 0 Å². The molecule has 0 radical (unpaired) electrons. The summed E-state index contributed by atoms with van der Waals surface area (Å²) in [6.07, 6.45) is 0.880. The summed E-state index contributed by atoms with van der Waals surface area (Å²) in [6, 6.07) is 7.59. The molecule has 0 aliphatic carbocycles. The van der Waals surface area contributed by atoms with Crippen molar-refractivity contribution in [1.82, 2.24) is 0 Å². The molecule has 0 N–H and O–H groups in total. The first kappa shape index (κ1) is 12.4. The van der Waals surface area contributed by atoms with Gasteiger partial charge in [0, 0.05) is 12.0 Å². The normalized spacial score (nSPS) is 13.2. The first-order valence-corrected chi connectivity index (χ1v) is 7.81. The standard InChI is InChI=1S/C13H8Br2O2S/c14-10-6-9(13(15)18-10)11(16)8-3-1-2-7-4-5-17-12(7)8/h1-3,6H,4-5H2. The van der Waals surface area contributed by atoms with Crippen LogP contribution in [0.25, 0.3) is 0 Å². The summed E-state index contributed by atoms with van der Waals surface area (Å²) < 4.78 is 7.35. The third-order valence-electron chi connectivity index (χ3n) is 2.86. The number of halogens is 2. The van der Waals surface area contributed by atoms with Gasteiger partial charge in [0.2, 0.25) is 0 Å². The molecule has 0 amide bonds. The van der Waals surface area contributed by atoms with E-state index >= 15 is 0 Å². The van der Waals surface area contributed by atoms with Gasteiger partial charge in [0.15, 0.2) is 5.78 Å². The second kappa shape index (κ2) is 4.79. The highest BCUT2D eigenvalue weighted by Gasteiger charge is 2.23. The Morgan fingerprint density at radius 3 is 2.83 bits per heavy atom. The number of hydrogen-bond acceptors (Lipinski definition) is 3. The van der Waals surface area contributed by atoms with Crippen LogP contribution in [-0.2, 0) is 6.42 Å². The molecule has 18 heavy (non-hydrogen) atoms. The Labute approximate surface area is 125 Å². The van der Waals surface area contributed by atoms with E-state index in [1.807, 2.05) is 24.3 Å². The predicted molar refractivity (Wildman–Crippen MR) is 78.8 cm³/mol. The van der Waals surface area contributed by atoms with Crippen molar-refractivity contribution in [2.24, 2.45) is 0 Å². The largest absolute Gasteiger partial charge is 0.492 e. The van der Waals surface area contributed by atoms with Crippen molar-refractivity contribution in [3.63, 3.8) is 0 Å². The molecule has 0 unspecified atom stereocenters. The molecule has 0 fully saturated rings. The van der Waals surface area contributed by atoms with E-state index in [2.05, 4.69) is 31.9 Å². The average Bonchev–Trinajstić information content (AvgIpc) is 2.94. The lowest BCUT2D eigenvalue weighted by Gasteiger charge is -2.06. The van der Waals surface area contributed by atoms with E-state index in [1.165, 1.54) is 11.3 Å². The van der Waals surface area contributed by atoms with E-state index in [4.69, 9.17) is 4.74 Å². The summed E-state index contributed by atoms with van der Waals surface area (Å²) in [6.45, 7) is 0.661. The van der Waals surface area contributed by atoms with Gasteiger partial charge in [0.1, 0.15) is 5.75 Å². The second-order valence-corrected chi connectivity index (χ2v) is 7.71. The zero-order chi connectivity index (χ0) is 12.7. The molecular weight excluding hydrogens is 380 g/mol. The van der Waals surface area contributed by atoms with E-state index in [9.17, 15) is 4.79 Å². The van der Waals surface area contributed by atoms with Gasteiger partial charge >= 0.3 is 0 Å². The molecule has 1 aromatic heterocycles. The molecule has 0 saturated carbocycles. The summed E-state index contributed by atoms with van der Waals surface area (Å²) in [4.78, 5) is 12.5. The maximum absolute atomic E-state index is 12.5. The van der Waals surface area contributed by atoms with Crippen molar-refractivity contribution >= 4 is 49.0 Å². The van der Waals surface area contributed by atoms with Crippen molar-refractivity contribution in [3.05, 3.63) is 48.5 Å². The quantitative estimate of drug-likeness (QED) is 0.712. The Kier molecular flexibility index (Phi) is 3.30. The van der Waals surface area contributed by atoms with Gasteiger partial charge in [0.05, 0.1) is 19.7 Å². The fraction of sp³-hybridized carbons (Fsp3) is 0.154. The lowest BCUT2D eigenvalue weighted by molar-refractivity contribution is 0.103. The number of fused-ring (bicyclic) bond motifs is 1. The number of rotatable bonds is 2. The minimum atomic E-state index is 0.00238. The van der Waals surface area contributed by atoms with Gasteiger partial charge in [0.25, 0.3) is 0 Å². The first-order chi connectivity index (χ1) is 8.66. The third kappa shape index (κ3) is 2.04. The summed E-state index contributed by atoms with van der Waals surface area (Å²) in [5, 5.41) is 0. The van der Waals surface area contributed by atoms with Crippen LogP contribution < -0.4 is 4.74 Å². The Balaban J connectivity index is 2.08. The molecule has 1 aliphatic rings. The van der Waals surface area contributed by atoms with Crippen LogP contribution in [0.2, 0.25) is 0 Å². The van der Waals surface area contributed by atoms with Gasteiger partial charge in [-0.1, -0.05) is 12.1 Å². The molecular formula is C13H8Br2O2S. The molecule has 92 valence electrons. The zero-order valence-electron chi connectivity index (χ0n) is 9.20. The lowest BCUT2D eigenvalue weighted by atomic mass is 10.0. The fourth-order valence-corrected chi connectivity index (χ4v) is 4.83. The van der Waals surface area contributed by atoms with Crippen molar-refractivity contribution in [3.8, 4) is 5.75 Å². The van der Waals surface area contributed by atoms with Crippen molar-refractivity contribution in [1.29, 1.82) is 0 Å². The van der Waals surface area contributed by atoms with Crippen molar-refractivity contribution < 1.29 is 9.53 Å². The van der Waals surface area contributed by atoms with Gasteiger partial charge in [-0.15, -0.1) is 11.3 Å². The number of benzene rings is 1. The molecule has 2 heterocycles. The molecule has 0 atom stereocenters. The average molecular weight is 388 g/mol.